The van der Waals surface area contributed by atoms with Gasteiger partial charge in [0.2, 0.25) is 5.91 Å². The van der Waals surface area contributed by atoms with Crippen LogP contribution in [0.1, 0.15) is 19.3 Å². The first-order valence-corrected chi connectivity index (χ1v) is 5.82. The van der Waals surface area contributed by atoms with E-state index in [9.17, 15) is 9.59 Å². The number of likely N-dealkylation sites (tertiary alicyclic amines) is 1. The Morgan fingerprint density at radius 3 is 2.25 bits per heavy atom. The maximum absolute atomic E-state index is 12.0. The van der Waals surface area contributed by atoms with E-state index < -0.39 is 11.9 Å². The van der Waals surface area contributed by atoms with Crippen molar-refractivity contribution in [2.75, 3.05) is 13.1 Å². The zero-order valence-corrected chi connectivity index (χ0v) is 8.96. The molecule has 2 heterocycles. The lowest BCUT2D eigenvalue weighted by Crippen LogP contribution is -2.46. The van der Waals surface area contributed by atoms with Crippen molar-refractivity contribution in [3.05, 3.63) is 0 Å². The number of carbonyl (C=O) groups excluding carboxylic acids is 1. The average Bonchev–Trinajstić information content (AvgIpc) is 2.99. The van der Waals surface area contributed by atoms with Crippen LogP contribution < -0.4 is 0 Å². The molecule has 5 nitrogen and oxygen atoms in total. The zero-order chi connectivity index (χ0) is 11.3. The van der Waals surface area contributed by atoms with Gasteiger partial charge in [0, 0.05) is 13.1 Å². The van der Waals surface area contributed by atoms with Crippen molar-refractivity contribution in [1.29, 1.82) is 0 Å². The number of hydrogen-bond acceptors (Lipinski definition) is 3. The molecular weight excluding hydrogens is 210 g/mol. The summed E-state index contributed by atoms with van der Waals surface area (Å²) in [5.74, 6) is -1.52. The molecule has 0 aromatic heterocycles. The predicted octanol–water partition coefficient (Wildman–Crippen LogP) is 0.0969. The van der Waals surface area contributed by atoms with Gasteiger partial charge in [0.05, 0.1) is 24.0 Å². The lowest BCUT2D eigenvalue weighted by Gasteiger charge is -2.32. The van der Waals surface area contributed by atoms with Crippen molar-refractivity contribution in [2.45, 2.75) is 31.5 Å². The van der Waals surface area contributed by atoms with E-state index in [0.29, 0.717) is 19.5 Å². The molecule has 0 radical (unpaired) electrons. The second-order valence-electron chi connectivity index (χ2n) is 4.99. The van der Waals surface area contributed by atoms with Crippen molar-refractivity contribution >= 4 is 11.9 Å². The van der Waals surface area contributed by atoms with Gasteiger partial charge in [0.1, 0.15) is 0 Å². The Morgan fingerprint density at radius 2 is 1.75 bits per heavy atom. The summed E-state index contributed by atoms with van der Waals surface area (Å²) >= 11 is 0. The topological polar surface area (TPSA) is 66.8 Å². The molecule has 1 aliphatic carbocycles. The molecule has 1 saturated carbocycles. The van der Waals surface area contributed by atoms with E-state index >= 15 is 0 Å². The molecule has 0 aromatic carbocycles. The number of ether oxygens (including phenoxy) is 1. The van der Waals surface area contributed by atoms with E-state index in [0.717, 1.165) is 12.8 Å². The van der Waals surface area contributed by atoms with Crippen LogP contribution in [-0.2, 0) is 14.3 Å². The summed E-state index contributed by atoms with van der Waals surface area (Å²) in [6.45, 7) is 1.30. The summed E-state index contributed by atoms with van der Waals surface area (Å²) in [6, 6.07) is 0. The van der Waals surface area contributed by atoms with Crippen LogP contribution in [0.2, 0.25) is 0 Å². The van der Waals surface area contributed by atoms with Gasteiger partial charge in [-0.1, -0.05) is 0 Å². The molecule has 16 heavy (non-hydrogen) atoms. The Hall–Kier alpha value is -1.10. The standard InChI is InChI=1S/C11H15NO4/c13-10(8-3-9(8)11(14)15)12-4-6-1-2-7(5-12)16-6/h6-9H,1-5H2,(H,14,15). The van der Waals surface area contributed by atoms with Gasteiger partial charge in [-0.15, -0.1) is 0 Å². The number of carboxylic acids is 1. The highest BCUT2D eigenvalue weighted by Gasteiger charge is 2.51. The van der Waals surface area contributed by atoms with E-state index in [1.807, 2.05) is 0 Å². The van der Waals surface area contributed by atoms with Crippen molar-refractivity contribution in [1.82, 2.24) is 4.90 Å². The number of fused-ring (bicyclic) bond motifs is 2. The summed E-state index contributed by atoms with van der Waals surface area (Å²) in [5.41, 5.74) is 0. The Morgan fingerprint density at radius 1 is 1.12 bits per heavy atom. The van der Waals surface area contributed by atoms with Crippen molar-refractivity contribution in [2.24, 2.45) is 11.8 Å². The first kappa shape index (κ1) is 10.1. The summed E-state index contributed by atoms with van der Waals surface area (Å²) in [4.78, 5) is 24.5. The molecule has 1 amide bonds. The van der Waals surface area contributed by atoms with Crippen LogP contribution in [0, 0.1) is 11.8 Å². The first-order chi connectivity index (χ1) is 7.65. The number of nitrogens with zero attached hydrogens (tertiary/aromatic N) is 1. The molecule has 3 rings (SSSR count). The SMILES string of the molecule is O=C(O)C1CC1C(=O)N1CC2CCC(C1)O2. The molecule has 4 atom stereocenters. The monoisotopic (exact) mass is 225 g/mol. The van der Waals surface area contributed by atoms with Crippen LogP contribution in [0.15, 0.2) is 0 Å². The molecule has 0 spiro atoms. The van der Waals surface area contributed by atoms with E-state index in [1.54, 1.807) is 4.90 Å². The molecule has 0 aromatic rings. The second kappa shape index (κ2) is 3.45. The van der Waals surface area contributed by atoms with Gasteiger partial charge in [-0.25, -0.2) is 0 Å². The smallest absolute Gasteiger partial charge is 0.307 e. The lowest BCUT2D eigenvalue weighted by molar-refractivity contribution is -0.145. The quantitative estimate of drug-likeness (QED) is 0.723. The highest BCUT2D eigenvalue weighted by atomic mass is 16.5. The molecule has 88 valence electrons. The highest BCUT2D eigenvalue weighted by molar-refractivity contribution is 5.89. The summed E-state index contributed by atoms with van der Waals surface area (Å²) in [6.07, 6.45) is 2.94. The fourth-order valence-corrected chi connectivity index (χ4v) is 2.77. The largest absolute Gasteiger partial charge is 0.481 e. The van der Waals surface area contributed by atoms with E-state index in [2.05, 4.69) is 0 Å². The van der Waals surface area contributed by atoms with Crippen LogP contribution in [0.25, 0.3) is 0 Å². The third-order valence-corrected chi connectivity index (χ3v) is 3.78. The predicted molar refractivity (Wildman–Crippen MR) is 53.7 cm³/mol. The number of carboxylic acid groups (broad SMARTS) is 1. The highest BCUT2D eigenvalue weighted by Crippen LogP contribution is 2.41. The minimum Gasteiger partial charge on any atom is -0.481 e. The second-order valence-corrected chi connectivity index (χ2v) is 4.99. The third kappa shape index (κ3) is 1.59. The number of aliphatic carboxylic acids is 1. The van der Waals surface area contributed by atoms with Crippen LogP contribution in [0.5, 0.6) is 0 Å². The van der Waals surface area contributed by atoms with Gasteiger partial charge in [-0.2, -0.15) is 0 Å². The lowest BCUT2D eigenvalue weighted by atomic mass is 10.2. The molecule has 4 unspecified atom stereocenters. The first-order valence-electron chi connectivity index (χ1n) is 5.82. The maximum atomic E-state index is 12.0. The Bertz CT molecular complexity index is 331. The minimum absolute atomic E-state index is 0.0209. The molecule has 2 saturated heterocycles. The summed E-state index contributed by atoms with van der Waals surface area (Å²) in [5, 5.41) is 8.79. The van der Waals surface area contributed by atoms with Crippen LogP contribution in [0.3, 0.4) is 0 Å². The summed E-state index contributed by atoms with van der Waals surface area (Å²) in [7, 11) is 0. The van der Waals surface area contributed by atoms with Crippen LogP contribution in [-0.4, -0.2) is 47.2 Å². The maximum Gasteiger partial charge on any atom is 0.307 e. The third-order valence-electron chi connectivity index (χ3n) is 3.78. The van der Waals surface area contributed by atoms with Gasteiger partial charge < -0.3 is 14.7 Å². The Balaban J connectivity index is 1.62. The van der Waals surface area contributed by atoms with Crippen molar-refractivity contribution < 1.29 is 19.4 Å². The van der Waals surface area contributed by atoms with E-state index in [-0.39, 0.29) is 24.0 Å². The Kier molecular flexibility index (Phi) is 2.17. The number of carbonyl (C=O) groups is 2. The van der Waals surface area contributed by atoms with Gasteiger partial charge in [0.15, 0.2) is 0 Å². The summed E-state index contributed by atoms with van der Waals surface area (Å²) < 4.78 is 5.64. The molecule has 1 N–H and O–H groups in total. The molecule has 2 aliphatic heterocycles. The fourth-order valence-electron chi connectivity index (χ4n) is 2.77. The zero-order valence-electron chi connectivity index (χ0n) is 8.96. The van der Waals surface area contributed by atoms with E-state index in [4.69, 9.17) is 9.84 Å². The Labute approximate surface area is 93.4 Å². The number of morpholine rings is 1. The van der Waals surface area contributed by atoms with Gasteiger partial charge in [-0.05, 0) is 19.3 Å². The minimum atomic E-state index is -0.838. The van der Waals surface area contributed by atoms with Crippen molar-refractivity contribution in [3.8, 4) is 0 Å². The van der Waals surface area contributed by atoms with Crippen molar-refractivity contribution in [3.63, 3.8) is 0 Å². The van der Waals surface area contributed by atoms with Crippen LogP contribution in [0.4, 0.5) is 0 Å². The fraction of sp³-hybridized carbons (Fsp3) is 0.818. The van der Waals surface area contributed by atoms with E-state index in [1.165, 1.54) is 0 Å². The molecule has 2 bridgehead atoms. The van der Waals surface area contributed by atoms with Gasteiger partial charge >= 0.3 is 5.97 Å². The molecule has 5 heteroatoms. The normalized spacial score (nSPS) is 40.9. The number of hydrogen-bond donors (Lipinski definition) is 1. The number of amides is 1. The van der Waals surface area contributed by atoms with Crippen LogP contribution >= 0.6 is 0 Å². The van der Waals surface area contributed by atoms with Gasteiger partial charge in [-0.3, -0.25) is 9.59 Å². The molecular formula is C11H15NO4. The molecule has 3 fully saturated rings. The van der Waals surface area contributed by atoms with Gasteiger partial charge in [0.25, 0.3) is 0 Å². The number of rotatable bonds is 2. The average molecular weight is 225 g/mol. The molecule has 3 aliphatic rings.